The fourth-order valence-electron chi connectivity index (χ4n) is 3.55. The van der Waals surface area contributed by atoms with E-state index < -0.39 is 0 Å². The first kappa shape index (κ1) is 22.6. The van der Waals surface area contributed by atoms with Crippen LogP contribution in [-0.4, -0.2) is 36.0 Å². The minimum Gasteiger partial charge on any atom is -0.492 e. The number of nitrogens with zero attached hydrogens (tertiary/aromatic N) is 2. The molecule has 0 heterocycles. The summed E-state index contributed by atoms with van der Waals surface area (Å²) in [5.74, 6) is 1.67. The second-order valence-electron chi connectivity index (χ2n) is 8.09. The van der Waals surface area contributed by atoms with Gasteiger partial charge in [0.1, 0.15) is 18.2 Å². The third-order valence-corrected chi connectivity index (χ3v) is 5.11. The molecule has 3 aromatic rings. The van der Waals surface area contributed by atoms with Gasteiger partial charge in [0, 0.05) is 29.9 Å². The Balaban J connectivity index is 1.70. The molecule has 0 atom stereocenters. The number of amidine groups is 1. The highest BCUT2D eigenvalue weighted by Crippen LogP contribution is 2.20. The molecule has 31 heavy (non-hydrogen) atoms. The molecule has 0 aromatic heterocycles. The van der Waals surface area contributed by atoms with Crippen LogP contribution in [0.1, 0.15) is 33.3 Å². The summed E-state index contributed by atoms with van der Waals surface area (Å²) in [6, 6.07) is 29.2. The number of hydrogen-bond acceptors (Lipinski definition) is 3. The Morgan fingerprint density at radius 2 is 1.39 bits per heavy atom. The van der Waals surface area contributed by atoms with E-state index in [0.29, 0.717) is 18.7 Å². The smallest absolute Gasteiger partial charge is 0.138 e. The first-order valence-corrected chi connectivity index (χ1v) is 11.0. The SMILES string of the molecule is CC(C)N(CCOc1ccc(N=C(Nc2ccccc2)c2ccccc2)cc1)C(C)C. The van der Waals surface area contributed by atoms with Crippen LogP contribution in [-0.2, 0) is 0 Å². The molecule has 0 bridgehead atoms. The highest BCUT2D eigenvalue weighted by atomic mass is 16.5. The van der Waals surface area contributed by atoms with E-state index in [2.05, 4.69) is 50.0 Å². The van der Waals surface area contributed by atoms with Gasteiger partial charge in [0.05, 0.1) is 5.69 Å². The molecular formula is C27H33N3O. The first-order valence-electron chi connectivity index (χ1n) is 11.0. The van der Waals surface area contributed by atoms with Gasteiger partial charge in [-0.05, 0) is 64.1 Å². The molecule has 4 nitrogen and oxygen atoms in total. The number of aliphatic imine (C=N–C) groups is 1. The summed E-state index contributed by atoms with van der Waals surface area (Å²) < 4.78 is 5.97. The van der Waals surface area contributed by atoms with Crippen molar-refractivity contribution < 1.29 is 4.74 Å². The van der Waals surface area contributed by atoms with Gasteiger partial charge in [0.2, 0.25) is 0 Å². The highest BCUT2D eigenvalue weighted by Gasteiger charge is 2.12. The Bertz CT molecular complexity index is 927. The van der Waals surface area contributed by atoms with Crippen LogP contribution in [0.3, 0.4) is 0 Å². The van der Waals surface area contributed by atoms with E-state index >= 15 is 0 Å². The zero-order valence-electron chi connectivity index (χ0n) is 19.0. The van der Waals surface area contributed by atoms with Crippen LogP contribution in [0.15, 0.2) is 89.9 Å². The second-order valence-corrected chi connectivity index (χ2v) is 8.09. The molecule has 0 spiro atoms. The molecular weight excluding hydrogens is 382 g/mol. The summed E-state index contributed by atoms with van der Waals surface area (Å²) in [6.07, 6.45) is 0. The van der Waals surface area contributed by atoms with Crippen LogP contribution in [0.5, 0.6) is 5.75 Å². The van der Waals surface area contributed by atoms with Crippen LogP contribution < -0.4 is 10.1 Å². The van der Waals surface area contributed by atoms with Crippen molar-refractivity contribution in [1.82, 2.24) is 4.90 Å². The van der Waals surface area contributed by atoms with E-state index in [9.17, 15) is 0 Å². The van der Waals surface area contributed by atoms with Crippen molar-refractivity contribution >= 4 is 17.2 Å². The standard InChI is InChI=1S/C27H33N3O/c1-21(2)30(22(3)4)19-20-31-26-17-15-25(16-18-26)29-27(23-11-7-5-8-12-23)28-24-13-9-6-10-14-24/h5-18,21-22H,19-20H2,1-4H3,(H,28,29). The lowest BCUT2D eigenvalue weighted by atomic mass is 10.2. The van der Waals surface area contributed by atoms with Crippen molar-refractivity contribution in [2.24, 2.45) is 4.99 Å². The van der Waals surface area contributed by atoms with Gasteiger partial charge in [-0.3, -0.25) is 4.90 Å². The van der Waals surface area contributed by atoms with E-state index in [0.717, 1.165) is 35.1 Å². The number of anilines is 1. The zero-order chi connectivity index (χ0) is 22.1. The third kappa shape index (κ3) is 6.97. The lowest BCUT2D eigenvalue weighted by Crippen LogP contribution is -2.39. The maximum atomic E-state index is 5.97. The van der Waals surface area contributed by atoms with E-state index in [1.807, 2.05) is 72.8 Å². The Morgan fingerprint density at radius 3 is 1.97 bits per heavy atom. The van der Waals surface area contributed by atoms with Gasteiger partial charge in [-0.2, -0.15) is 0 Å². The van der Waals surface area contributed by atoms with Gasteiger partial charge >= 0.3 is 0 Å². The summed E-state index contributed by atoms with van der Waals surface area (Å²) in [4.78, 5) is 7.29. The number of rotatable bonds is 9. The van der Waals surface area contributed by atoms with E-state index in [4.69, 9.17) is 9.73 Å². The van der Waals surface area contributed by atoms with E-state index in [1.165, 1.54) is 0 Å². The lowest BCUT2D eigenvalue weighted by molar-refractivity contribution is 0.142. The van der Waals surface area contributed by atoms with Crippen LogP contribution in [0, 0.1) is 0 Å². The molecule has 0 aliphatic carbocycles. The number of ether oxygens (including phenoxy) is 1. The average Bonchev–Trinajstić information content (AvgIpc) is 2.78. The molecule has 3 rings (SSSR count). The molecule has 0 aliphatic heterocycles. The quantitative estimate of drug-likeness (QED) is 0.326. The molecule has 3 aromatic carbocycles. The number of hydrogen-bond donors (Lipinski definition) is 1. The minimum absolute atomic E-state index is 0.508. The molecule has 162 valence electrons. The predicted octanol–water partition coefficient (Wildman–Crippen LogP) is 6.37. The normalized spacial score (nSPS) is 11.9. The van der Waals surface area contributed by atoms with Crippen LogP contribution in [0.4, 0.5) is 11.4 Å². The monoisotopic (exact) mass is 415 g/mol. The van der Waals surface area contributed by atoms with Gasteiger partial charge in [-0.25, -0.2) is 4.99 Å². The van der Waals surface area contributed by atoms with Crippen molar-refractivity contribution in [2.75, 3.05) is 18.5 Å². The predicted molar refractivity (Wildman–Crippen MR) is 132 cm³/mol. The molecule has 0 amide bonds. The molecule has 0 saturated heterocycles. The molecule has 0 unspecified atom stereocenters. The Labute approximate surface area is 186 Å². The fourth-order valence-corrected chi connectivity index (χ4v) is 3.55. The Morgan fingerprint density at radius 1 is 0.806 bits per heavy atom. The highest BCUT2D eigenvalue weighted by molar-refractivity contribution is 6.09. The molecule has 0 fully saturated rings. The van der Waals surface area contributed by atoms with Gasteiger partial charge in [0.25, 0.3) is 0 Å². The second kappa shape index (κ2) is 11.3. The summed E-state index contributed by atoms with van der Waals surface area (Å²) in [5.41, 5.74) is 2.92. The summed E-state index contributed by atoms with van der Waals surface area (Å²) >= 11 is 0. The molecule has 4 heteroatoms. The Hall–Kier alpha value is -3.11. The number of benzene rings is 3. The van der Waals surface area contributed by atoms with Gasteiger partial charge in [-0.15, -0.1) is 0 Å². The number of para-hydroxylation sites is 1. The van der Waals surface area contributed by atoms with Gasteiger partial charge < -0.3 is 10.1 Å². The maximum absolute atomic E-state index is 5.97. The molecule has 1 N–H and O–H groups in total. The van der Waals surface area contributed by atoms with Crippen molar-refractivity contribution in [3.05, 3.63) is 90.5 Å². The van der Waals surface area contributed by atoms with Crippen LogP contribution >= 0.6 is 0 Å². The molecule has 0 saturated carbocycles. The molecule has 0 aliphatic rings. The van der Waals surface area contributed by atoms with Gasteiger partial charge in [-0.1, -0.05) is 48.5 Å². The largest absolute Gasteiger partial charge is 0.492 e. The summed E-state index contributed by atoms with van der Waals surface area (Å²) in [7, 11) is 0. The first-order chi connectivity index (χ1) is 15.0. The third-order valence-electron chi connectivity index (χ3n) is 5.11. The van der Waals surface area contributed by atoms with E-state index in [1.54, 1.807) is 0 Å². The lowest BCUT2D eigenvalue weighted by Gasteiger charge is -2.30. The van der Waals surface area contributed by atoms with Crippen LogP contribution in [0.25, 0.3) is 0 Å². The number of nitrogens with one attached hydrogen (secondary N) is 1. The van der Waals surface area contributed by atoms with Gasteiger partial charge in [0.15, 0.2) is 0 Å². The van der Waals surface area contributed by atoms with Crippen molar-refractivity contribution in [3.8, 4) is 5.75 Å². The zero-order valence-corrected chi connectivity index (χ0v) is 19.0. The summed E-state index contributed by atoms with van der Waals surface area (Å²) in [6.45, 7) is 10.5. The maximum Gasteiger partial charge on any atom is 0.138 e. The Kier molecular flexibility index (Phi) is 8.25. The average molecular weight is 416 g/mol. The van der Waals surface area contributed by atoms with Crippen molar-refractivity contribution in [2.45, 2.75) is 39.8 Å². The van der Waals surface area contributed by atoms with Crippen LogP contribution in [0.2, 0.25) is 0 Å². The van der Waals surface area contributed by atoms with Crippen molar-refractivity contribution in [3.63, 3.8) is 0 Å². The molecule has 0 radical (unpaired) electrons. The minimum atomic E-state index is 0.508. The fraction of sp³-hybridized carbons (Fsp3) is 0.296. The van der Waals surface area contributed by atoms with Crippen molar-refractivity contribution in [1.29, 1.82) is 0 Å². The topological polar surface area (TPSA) is 36.9 Å². The summed E-state index contributed by atoms with van der Waals surface area (Å²) in [5, 5.41) is 3.44. The van der Waals surface area contributed by atoms with E-state index in [-0.39, 0.29) is 0 Å².